The fourth-order valence-corrected chi connectivity index (χ4v) is 1.29. The molecule has 0 aromatic carbocycles. The van der Waals surface area contributed by atoms with Crippen LogP contribution in [-0.2, 0) is 10.8 Å². The molecule has 0 radical (unpaired) electrons. The summed E-state index contributed by atoms with van der Waals surface area (Å²) in [5.41, 5.74) is 1.12. The molecule has 0 bridgehead atoms. The fourth-order valence-electron chi connectivity index (χ4n) is 0.632. The first-order valence-electron chi connectivity index (χ1n) is 3.87. The molecule has 66 valence electrons. The predicted molar refractivity (Wildman–Crippen MR) is 51.2 cm³/mol. The summed E-state index contributed by atoms with van der Waals surface area (Å²) in [6, 6.07) is 0. The van der Waals surface area contributed by atoms with Crippen molar-refractivity contribution < 1.29 is 4.21 Å². The highest BCUT2D eigenvalue weighted by atomic mass is 32.2. The molecule has 0 saturated carbocycles. The lowest BCUT2D eigenvalue weighted by atomic mass is 10.3. The van der Waals surface area contributed by atoms with Crippen molar-refractivity contribution in [1.82, 2.24) is 5.32 Å². The second-order valence-corrected chi connectivity index (χ2v) is 4.43. The van der Waals surface area contributed by atoms with E-state index in [0.29, 0.717) is 0 Å². The molecule has 0 rings (SSSR count). The number of hydrogen-bond donors (Lipinski definition) is 1. The molecular formula is C8H17NOS. The van der Waals surface area contributed by atoms with Gasteiger partial charge in [-0.15, -0.1) is 0 Å². The first-order chi connectivity index (χ1) is 5.16. The quantitative estimate of drug-likeness (QED) is 0.480. The van der Waals surface area contributed by atoms with Crippen molar-refractivity contribution in [2.24, 2.45) is 0 Å². The highest BCUT2D eigenvalue weighted by Gasteiger charge is 1.93. The SMILES string of the molecule is C=C(C)CNCCS(=O)CC. The normalized spacial score (nSPS) is 12.9. The smallest absolute Gasteiger partial charge is 0.0360 e. The van der Waals surface area contributed by atoms with Crippen LogP contribution in [-0.4, -0.2) is 28.8 Å². The van der Waals surface area contributed by atoms with Crippen LogP contribution in [0.2, 0.25) is 0 Å². The Morgan fingerprint density at radius 1 is 1.64 bits per heavy atom. The lowest BCUT2D eigenvalue weighted by Crippen LogP contribution is -2.22. The van der Waals surface area contributed by atoms with Crippen molar-refractivity contribution >= 4 is 10.8 Å². The Morgan fingerprint density at radius 3 is 2.73 bits per heavy atom. The van der Waals surface area contributed by atoms with E-state index in [1.807, 2.05) is 13.8 Å². The molecular weight excluding hydrogens is 158 g/mol. The second-order valence-electron chi connectivity index (χ2n) is 2.57. The zero-order valence-corrected chi connectivity index (χ0v) is 8.17. The molecule has 0 aliphatic rings. The van der Waals surface area contributed by atoms with Crippen LogP contribution in [0.25, 0.3) is 0 Å². The Balaban J connectivity index is 3.14. The minimum absolute atomic E-state index is 0.634. The van der Waals surface area contributed by atoms with Gasteiger partial charge in [-0.3, -0.25) is 4.21 Å². The molecule has 2 nitrogen and oxygen atoms in total. The predicted octanol–water partition coefficient (Wildman–Crippen LogP) is 0.921. The summed E-state index contributed by atoms with van der Waals surface area (Å²) in [5, 5.41) is 3.16. The summed E-state index contributed by atoms with van der Waals surface area (Å²) in [7, 11) is -0.634. The first-order valence-corrected chi connectivity index (χ1v) is 5.35. The summed E-state index contributed by atoms with van der Waals surface area (Å²) >= 11 is 0. The van der Waals surface area contributed by atoms with Gasteiger partial charge in [-0.2, -0.15) is 0 Å². The van der Waals surface area contributed by atoms with Gasteiger partial charge in [0.25, 0.3) is 0 Å². The van der Waals surface area contributed by atoms with E-state index in [4.69, 9.17) is 0 Å². The van der Waals surface area contributed by atoms with Crippen LogP contribution in [0, 0.1) is 0 Å². The van der Waals surface area contributed by atoms with Crippen LogP contribution in [0.1, 0.15) is 13.8 Å². The van der Waals surface area contributed by atoms with Crippen molar-refractivity contribution in [1.29, 1.82) is 0 Å². The fraction of sp³-hybridized carbons (Fsp3) is 0.750. The Bertz CT molecular complexity index is 145. The van der Waals surface area contributed by atoms with Gasteiger partial charge < -0.3 is 5.32 Å². The van der Waals surface area contributed by atoms with E-state index in [1.54, 1.807) is 0 Å². The zero-order valence-electron chi connectivity index (χ0n) is 7.35. The lowest BCUT2D eigenvalue weighted by molar-refractivity contribution is 0.678. The van der Waals surface area contributed by atoms with E-state index in [2.05, 4.69) is 11.9 Å². The van der Waals surface area contributed by atoms with Gasteiger partial charge in [-0.05, 0) is 6.92 Å². The van der Waals surface area contributed by atoms with Gasteiger partial charge in [-0.25, -0.2) is 0 Å². The average Bonchev–Trinajstić information content (AvgIpc) is 1.97. The maximum atomic E-state index is 10.9. The third-order valence-electron chi connectivity index (χ3n) is 1.26. The topological polar surface area (TPSA) is 29.1 Å². The molecule has 0 aliphatic carbocycles. The lowest BCUT2D eigenvalue weighted by Gasteiger charge is -2.02. The van der Waals surface area contributed by atoms with Crippen molar-refractivity contribution in [3.63, 3.8) is 0 Å². The van der Waals surface area contributed by atoms with Crippen LogP contribution in [0.3, 0.4) is 0 Å². The van der Waals surface area contributed by atoms with Crippen LogP contribution in [0.4, 0.5) is 0 Å². The second kappa shape index (κ2) is 6.55. The molecule has 0 saturated heterocycles. The number of rotatable bonds is 6. The Labute approximate surface area is 71.5 Å². The van der Waals surface area contributed by atoms with Crippen molar-refractivity contribution in [3.8, 4) is 0 Å². The number of nitrogens with one attached hydrogen (secondary N) is 1. The highest BCUT2D eigenvalue weighted by molar-refractivity contribution is 7.84. The third kappa shape index (κ3) is 7.75. The number of hydrogen-bond acceptors (Lipinski definition) is 2. The molecule has 0 heterocycles. The first kappa shape index (κ1) is 10.8. The molecule has 0 spiro atoms. The van der Waals surface area contributed by atoms with Crippen molar-refractivity contribution in [2.75, 3.05) is 24.6 Å². The van der Waals surface area contributed by atoms with Crippen LogP contribution in [0.5, 0.6) is 0 Å². The van der Waals surface area contributed by atoms with Gasteiger partial charge in [0.2, 0.25) is 0 Å². The summed E-state index contributed by atoms with van der Waals surface area (Å²) in [6.07, 6.45) is 0. The molecule has 1 atom stereocenters. The Morgan fingerprint density at radius 2 is 2.27 bits per heavy atom. The minimum Gasteiger partial charge on any atom is -0.312 e. The van der Waals surface area contributed by atoms with Crippen molar-refractivity contribution in [2.45, 2.75) is 13.8 Å². The molecule has 3 heteroatoms. The van der Waals surface area contributed by atoms with E-state index < -0.39 is 10.8 Å². The van der Waals surface area contributed by atoms with Gasteiger partial charge in [0, 0.05) is 35.4 Å². The minimum atomic E-state index is -0.634. The molecule has 1 N–H and O–H groups in total. The Kier molecular flexibility index (Phi) is 6.46. The molecule has 0 fully saturated rings. The van der Waals surface area contributed by atoms with E-state index >= 15 is 0 Å². The van der Waals surface area contributed by atoms with E-state index in [9.17, 15) is 4.21 Å². The zero-order chi connectivity index (χ0) is 8.69. The molecule has 0 aromatic heterocycles. The highest BCUT2D eigenvalue weighted by Crippen LogP contribution is 1.82. The van der Waals surface area contributed by atoms with Crippen LogP contribution >= 0.6 is 0 Å². The summed E-state index contributed by atoms with van der Waals surface area (Å²) in [5.74, 6) is 1.51. The maximum absolute atomic E-state index is 10.9. The molecule has 11 heavy (non-hydrogen) atoms. The summed E-state index contributed by atoms with van der Waals surface area (Å²) in [4.78, 5) is 0. The van der Waals surface area contributed by atoms with E-state index in [1.165, 1.54) is 0 Å². The maximum Gasteiger partial charge on any atom is 0.0360 e. The van der Waals surface area contributed by atoms with Gasteiger partial charge in [0.05, 0.1) is 0 Å². The molecule has 0 amide bonds. The van der Waals surface area contributed by atoms with Crippen LogP contribution < -0.4 is 5.32 Å². The third-order valence-corrected chi connectivity index (χ3v) is 2.56. The summed E-state index contributed by atoms with van der Waals surface area (Å²) in [6.45, 7) is 9.33. The van der Waals surface area contributed by atoms with Gasteiger partial charge in [0.15, 0.2) is 0 Å². The largest absolute Gasteiger partial charge is 0.312 e. The standard InChI is InChI=1S/C8H17NOS/c1-4-11(10)6-5-9-7-8(2)3/h9H,2,4-7H2,1,3H3. The van der Waals surface area contributed by atoms with E-state index in [-0.39, 0.29) is 0 Å². The average molecular weight is 175 g/mol. The van der Waals surface area contributed by atoms with Crippen LogP contribution in [0.15, 0.2) is 12.2 Å². The van der Waals surface area contributed by atoms with Gasteiger partial charge in [0.1, 0.15) is 0 Å². The molecule has 0 aliphatic heterocycles. The van der Waals surface area contributed by atoms with Crippen molar-refractivity contribution in [3.05, 3.63) is 12.2 Å². The Hall–Kier alpha value is -0.150. The van der Waals surface area contributed by atoms with E-state index in [0.717, 1.165) is 30.2 Å². The molecule has 1 unspecified atom stereocenters. The summed E-state index contributed by atoms with van der Waals surface area (Å²) < 4.78 is 10.9. The van der Waals surface area contributed by atoms with Gasteiger partial charge >= 0.3 is 0 Å². The van der Waals surface area contributed by atoms with Gasteiger partial charge in [-0.1, -0.05) is 19.1 Å². The molecule has 0 aromatic rings. The monoisotopic (exact) mass is 175 g/mol.